The first-order chi connectivity index (χ1) is 34.0. The van der Waals surface area contributed by atoms with E-state index in [1.54, 1.807) is 0 Å². The molecule has 1 aliphatic carbocycles. The number of nitrogens with zero attached hydrogens (tertiary/aromatic N) is 2. The summed E-state index contributed by atoms with van der Waals surface area (Å²) in [6.07, 6.45) is 16.3. The largest absolute Gasteiger partial charge is 0.311 e. The van der Waals surface area contributed by atoms with Crippen LogP contribution in [0.2, 0.25) is 0 Å². The molecule has 0 N–H and O–H groups in total. The predicted molar refractivity (Wildman–Crippen MR) is 296 cm³/mol. The van der Waals surface area contributed by atoms with E-state index in [2.05, 4.69) is 303 Å². The molecule has 332 valence electrons. The molecule has 0 spiro atoms. The molecular weight excluding hydrogens is 833 g/mol. The molecule has 0 fully saturated rings. The number of rotatable bonds is 13. The zero-order valence-corrected chi connectivity index (χ0v) is 39.2. The number of allylic oxidation sites excluding steroid dienone is 7. The van der Waals surface area contributed by atoms with Crippen LogP contribution in [0.5, 0.6) is 0 Å². The number of hydrogen-bond donors (Lipinski definition) is 0. The molecule has 0 atom stereocenters. The lowest BCUT2D eigenvalue weighted by atomic mass is 9.93. The van der Waals surface area contributed by atoms with Crippen molar-refractivity contribution in [1.82, 2.24) is 0 Å². The van der Waals surface area contributed by atoms with E-state index in [4.69, 9.17) is 0 Å². The van der Waals surface area contributed by atoms with Gasteiger partial charge < -0.3 is 9.80 Å². The lowest BCUT2D eigenvalue weighted by Crippen LogP contribution is -2.10. The first kappa shape index (κ1) is 44.1. The SMILES string of the molecule is Cc1ccc(N(c2ccc(C=C(c3ccccc3)c3ccccc3)cc2)c2ccc(-c3ccc(N(c4ccc(C)cc4)c4ccc(/C=C(\C5=CC=CC=CC5)c5ccccc5)cc4)cc3)cc2)cc1. The highest BCUT2D eigenvalue weighted by molar-refractivity contribution is 5.93. The average molecular weight is 887 g/mol. The van der Waals surface area contributed by atoms with Crippen molar-refractivity contribution >= 4 is 57.4 Å². The van der Waals surface area contributed by atoms with E-state index in [1.165, 1.54) is 44.5 Å². The molecule has 0 aromatic heterocycles. The van der Waals surface area contributed by atoms with Gasteiger partial charge in [-0.3, -0.25) is 0 Å². The summed E-state index contributed by atoms with van der Waals surface area (Å²) in [6.45, 7) is 4.27. The fourth-order valence-corrected chi connectivity index (χ4v) is 8.99. The summed E-state index contributed by atoms with van der Waals surface area (Å²) in [5, 5.41) is 0. The lowest BCUT2D eigenvalue weighted by molar-refractivity contribution is 1.27. The smallest absolute Gasteiger partial charge is 0.0462 e. The molecule has 0 saturated heterocycles. The van der Waals surface area contributed by atoms with Crippen molar-refractivity contribution in [2.75, 3.05) is 9.80 Å². The molecule has 0 unspecified atom stereocenters. The van der Waals surface area contributed by atoms with Crippen LogP contribution in [0.15, 0.2) is 273 Å². The summed E-state index contributed by atoms with van der Waals surface area (Å²) in [6, 6.07) is 85.2. The second-order valence-corrected chi connectivity index (χ2v) is 17.5. The lowest BCUT2D eigenvalue weighted by Gasteiger charge is -2.26. The Kier molecular flexibility index (Phi) is 13.3. The molecule has 2 heteroatoms. The van der Waals surface area contributed by atoms with E-state index in [-0.39, 0.29) is 0 Å². The molecule has 0 aliphatic heterocycles. The Morgan fingerprint density at radius 1 is 0.333 bits per heavy atom. The third-order valence-corrected chi connectivity index (χ3v) is 12.7. The van der Waals surface area contributed by atoms with Gasteiger partial charge in [0, 0.05) is 34.1 Å². The van der Waals surface area contributed by atoms with Gasteiger partial charge in [-0.1, -0.05) is 205 Å². The standard InChI is InChI=1S/C67H54N2/c1-50-24-36-60(37-25-50)68(62-40-28-52(29-41-62)48-66(57-18-10-5-11-19-57)56-16-8-3-4-9-17-56)64-44-32-54(33-45-64)55-34-46-65(47-35-55)69(61-38-26-51(2)27-39-61)63-42-30-53(31-43-63)49-67(58-20-12-6-13-21-58)59-22-14-7-15-23-59/h3-16,18-49H,17H2,1-2H3/b66-48+. The van der Waals surface area contributed by atoms with Crippen LogP contribution in [0.1, 0.15) is 45.4 Å². The quantitative estimate of drug-likeness (QED) is 0.106. The molecule has 9 aromatic rings. The monoisotopic (exact) mass is 886 g/mol. The average Bonchev–Trinajstić information content (AvgIpc) is 3.70. The van der Waals surface area contributed by atoms with Gasteiger partial charge in [-0.15, -0.1) is 0 Å². The zero-order chi connectivity index (χ0) is 46.8. The fourth-order valence-electron chi connectivity index (χ4n) is 8.99. The molecule has 2 nitrogen and oxygen atoms in total. The maximum atomic E-state index is 2.34. The Hall–Kier alpha value is -8.72. The molecular formula is C67H54N2. The van der Waals surface area contributed by atoms with E-state index in [9.17, 15) is 0 Å². The fraction of sp³-hybridized carbons (Fsp3) is 0.0448. The Morgan fingerprint density at radius 2 is 0.667 bits per heavy atom. The second kappa shape index (κ2) is 20.8. The van der Waals surface area contributed by atoms with Gasteiger partial charge in [0.05, 0.1) is 0 Å². The Bertz CT molecular complexity index is 3230. The third kappa shape index (κ3) is 10.5. The molecule has 10 rings (SSSR count). The van der Waals surface area contributed by atoms with Gasteiger partial charge in [-0.25, -0.2) is 0 Å². The predicted octanol–water partition coefficient (Wildman–Crippen LogP) is 18.5. The minimum Gasteiger partial charge on any atom is -0.311 e. The molecule has 0 heterocycles. The van der Waals surface area contributed by atoms with Crippen LogP contribution in [0, 0.1) is 13.8 Å². The van der Waals surface area contributed by atoms with E-state index < -0.39 is 0 Å². The highest BCUT2D eigenvalue weighted by Crippen LogP contribution is 2.39. The molecule has 0 radical (unpaired) electrons. The number of hydrogen-bond acceptors (Lipinski definition) is 2. The van der Waals surface area contributed by atoms with Gasteiger partial charge in [0.2, 0.25) is 0 Å². The van der Waals surface area contributed by atoms with Crippen molar-refractivity contribution in [1.29, 1.82) is 0 Å². The maximum absolute atomic E-state index is 2.34. The van der Waals surface area contributed by atoms with E-state index in [0.29, 0.717) is 0 Å². The number of anilines is 6. The summed E-state index contributed by atoms with van der Waals surface area (Å²) < 4.78 is 0. The molecule has 0 saturated carbocycles. The van der Waals surface area contributed by atoms with Crippen molar-refractivity contribution in [3.05, 3.63) is 311 Å². The van der Waals surface area contributed by atoms with E-state index >= 15 is 0 Å². The minimum absolute atomic E-state index is 0.887. The molecule has 0 bridgehead atoms. The minimum atomic E-state index is 0.887. The van der Waals surface area contributed by atoms with Gasteiger partial charge in [-0.2, -0.15) is 0 Å². The van der Waals surface area contributed by atoms with Gasteiger partial charge in [0.15, 0.2) is 0 Å². The van der Waals surface area contributed by atoms with Gasteiger partial charge in [-0.05, 0) is 161 Å². The third-order valence-electron chi connectivity index (χ3n) is 12.7. The first-order valence-corrected chi connectivity index (χ1v) is 23.8. The Morgan fingerprint density at radius 3 is 1.06 bits per heavy atom. The van der Waals surface area contributed by atoms with Crippen LogP contribution in [0.3, 0.4) is 0 Å². The summed E-state index contributed by atoms with van der Waals surface area (Å²) in [7, 11) is 0. The number of aryl methyl sites for hydroxylation is 2. The molecule has 69 heavy (non-hydrogen) atoms. The van der Waals surface area contributed by atoms with Crippen molar-refractivity contribution in [2.24, 2.45) is 0 Å². The molecule has 9 aromatic carbocycles. The van der Waals surface area contributed by atoms with Crippen molar-refractivity contribution in [3.8, 4) is 11.1 Å². The van der Waals surface area contributed by atoms with Crippen molar-refractivity contribution in [3.63, 3.8) is 0 Å². The van der Waals surface area contributed by atoms with E-state index in [1.807, 2.05) is 0 Å². The van der Waals surface area contributed by atoms with Crippen LogP contribution < -0.4 is 9.80 Å². The molecule has 1 aliphatic rings. The topological polar surface area (TPSA) is 6.48 Å². The molecule has 0 amide bonds. The van der Waals surface area contributed by atoms with Crippen LogP contribution in [0.25, 0.3) is 34.4 Å². The summed E-state index contributed by atoms with van der Waals surface area (Å²) in [5.41, 5.74) is 21.0. The second-order valence-electron chi connectivity index (χ2n) is 17.5. The van der Waals surface area contributed by atoms with E-state index in [0.717, 1.165) is 62.8 Å². The summed E-state index contributed by atoms with van der Waals surface area (Å²) >= 11 is 0. The highest BCUT2D eigenvalue weighted by atomic mass is 15.1. The zero-order valence-electron chi connectivity index (χ0n) is 39.2. The van der Waals surface area contributed by atoms with Gasteiger partial charge in [0.25, 0.3) is 0 Å². The van der Waals surface area contributed by atoms with Gasteiger partial charge in [0.1, 0.15) is 0 Å². The first-order valence-electron chi connectivity index (χ1n) is 23.8. The van der Waals surface area contributed by atoms with Crippen molar-refractivity contribution < 1.29 is 0 Å². The Labute approximate surface area is 408 Å². The summed E-state index contributed by atoms with van der Waals surface area (Å²) in [5.74, 6) is 0. The normalized spacial score (nSPS) is 12.2. The highest BCUT2D eigenvalue weighted by Gasteiger charge is 2.16. The van der Waals surface area contributed by atoms with Crippen LogP contribution >= 0.6 is 0 Å². The maximum Gasteiger partial charge on any atom is 0.0462 e. The van der Waals surface area contributed by atoms with Crippen LogP contribution in [-0.2, 0) is 0 Å². The summed E-state index contributed by atoms with van der Waals surface area (Å²) in [4.78, 5) is 4.67. The van der Waals surface area contributed by atoms with Crippen LogP contribution in [-0.4, -0.2) is 0 Å². The van der Waals surface area contributed by atoms with Crippen molar-refractivity contribution in [2.45, 2.75) is 20.3 Å². The number of benzene rings is 9. The van der Waals surface area contributed by atoms with Crippen LogP contribution in [0.4, 0.5) is 34.1 Å². The Balaban J connectivity index is 0.931. The van der Waals surface area contributed by atoms with Gasteiger partial charge >= 0.3 is 0 Å².